The monoisotopic (exact) mass is 282 g/mol. The molecule has 0 saturated heterocycles. The van der Waals surface area contributed by atoms with E-state index in [4.69, 9.17) is 0 Å². The van der Waals surface area contributed by atoms with Crippen molar-refractivity contribution in [3.8, 4) is 0 Å². The van der Waals surface area contributed by atoms with E-state index in [0.717, 1.165) is 24.8 Å². The van der Waals surface area contributed by atoms with Gasteiger partial charge in [0.15, 0.2) is 0 Å². The first-order valence-corrected chi connectivity index (χ1v) is 7.50. The maximum absolute atomic E-state index is 13.1. The van der Waals surface area contributed by atoms with Gasteiger partial charge in [0.25, 0.3) is 0 Å². The fraction of sp³-hybridized carbons (Fsp3) is 0.316. The molecule has 0 heterocycles. The Morgan fingerprint density at radius 2 is 1.71 bits per heavy atom. The highest BCUT2D eigenvalue weighted by atomic mass is 19.1. The van der Waals surface area contributed by atoms with Crippen molar-refractivity contribution in [3.05, 3.63) is 71.5 Å². The third-order valence-electron chi connectivity index (χ3n) is 4.49. The normalized spacial score (nSPS) is 22.2. The molecular weight excluding hydrogens is 263 g/mol. The number of carbonyl (C=O) groups is 1. The van der Waals surface area contributed by atoms with E-state index in [-0.39, 0.29) is 11.2 Å². The number of benzene rings is 2. The van der Waals surface area contributed by atoms with Gasteiger partial charge in [-0.1, -0.05) is 42.5 Å². The lowest BCUT2D eigenvalue weighted by Gasteiger charge is -2.37. The van der Waals surface area contributed by atoms with Crippen molar-refractivity contribution in [1.29, 1.82) is 0 Å². The molecule has 2 aromatic carbocycles. The van der Waals surface area contributed by atoms with Crippen LogP contribution in [0, 0.1) is 5.82 Å². The third-order valence-corrected chi connectivity index (χ3v) is 4.49. The summed E-state index contributed by atoms with van der Waals surface area (Å²) in [5.74, 6) is 0.124. The zero-order valence-corrected chi connectivity index (χ0v) is 12.0. The van der Waals surface area contributed by atoms with Crippen molar-refractivity contribution < 1.29 is 9.18 Å². The maximum atomic E-state index is 13.1. The van der Waals surface area contributed by atoms with Gasteiger partial charge in [-0.05, 0) is 42.5 Å². The largest absolute Gasteiger partial charge is 0.300 e. The molecule has 0 unspecified atom stereocenters. The average molecular weight is 282 g/mol. The Labute approximate surface area is 124 Å². The van der Waals surface area contributed by atoms with Crippen LogP contribution in [-0.4, -0.2) is 5.78 Å². The van der Waals surface area contributed by atoms with Crippen LogP contribution < -0.4 is 0 Å². The van der Waals surface area contributed by atoms with E-state index in [9.17, 15) is 9.18 Å². The first kappa shape index (κ1) is 14.0. The predicted molar refractivity (Wildman–Crippen MR) is 81.7 cm³/mol. The molecule has 0 amide bonds. The summed E-state index contributed by atoms with van der Waals surface area (Å²) < 4.78 is 13.1. The van der Waals surface area contributed by atoms with E-state index in [1.165, 1.54) is 17.7 Å². The van der Waals surface area contributed by atoms with Crippen LogP contribution in [-0.2, 0) is 16.6 Å². The van der Waals surface area contributed by atoms with Gasteiger partial charge in [-0.3, -0.25) is 4.79 Å². The van der Waals surface area contributed by atoms with Gasteiger partial charge in [-0.15, -0.1) is 0 Å². The van der Waals surface area contributed by atoms with Gasteiger partial charge in [0, 0.05) is 18.3 Å². The van der Waals surface area contributed by atoms with Crippen LogP contribution in [0.1, 0.15) is 36.8 Å². The van der Waals surface area contributed by atoms with Crippen LogP contribution in [0.5, 0.6) is 0 Å². The third kappa shape index (κ3) is 3.05. The van der Waals surface area contributed by atoms with Gasteiger partial charge in [0.2, 0.25) is 0 Å². The van der Waals surface area contributed by atoms with Gasteiger partial charge in [0.1, 0.15) is 11.6 Å². The summed E-state index contributed by atoms with van der Waals surface area (Å²) in [6, 6.07) is 16.9. The molecule has 1 aliphatic carbocycles. The Balaban J connectivity index is 1.96. The molecule has 1 fully saturated rings. The molecular formula is C19H19FO. The molecule has 0 aliphatic heterocycles. The van der Waals surface area contributed by atoms with E-state index < -0.39 is 0 Å². The van der Waals surface area contributed by atoms with Gasteiger partial charge in [0.05, 0.1) is 0 Å². The van der Waals surface area contributed by atoms with Crippen molar-refractivity contribution >= 4 is 5.78 Å². The molecule has 3 rings (SSSR count). The van der Waals surface area contributed by atoms with Crippen molar-refractivity contribution in [2.75, 3.05) is 0 Å². The summed E-state index contributed by atoms with van der Waals surface area (Å²) in [4.78, 5) is 12.0. The van der Waals surface area contributed by atoms with Crippen LogP contribution in [0.3, 0.4) is 0 Å². The topological polar surface area (TPSA) is 17.1 Å². The minimum atomic E-state index is -0.216. The van der Waals surface area contributed by atoms with Crippen LogP contribution in [0.25, 0.3) is 0 Å². The molecule has 0 bridgehead atoms. The molecule has 0 radical (unpaired) electrons. The molecule has 1 atom stereocenters. The van der Waals surface area contributed by atoms with Crippen molar-refractivity contribution in [1.82, 2.24) is 0 Å². The first-order chi connectivity index (χ1) is 10.2. The Hall–Kier alpha value is -1.96. The zero-order valence-electron chi connectivity index (χ0n) is 12.0. The Bertz CT molecular complexity index is 618. The minimum Gasteiger partial charge on any atom is -0.300 e. The fourth-order valence-corrected chi connectivity index (χ4v) is 3.46. The number of ketones is 1. The van der Waals surface area contributed by atoms with Crippen molar-refractivity contribution in [2.45, 2.75) is 37.5 Å². The number of halogens is 1. The molecule has 1 aliphatic rings. The summed E-state index contributed by atoms with van der Waals surface area (Å²) in [5, 5.41) is 0. The second-order valence-electron chi connectivity index (χ2n) is 6.02. The maximum Gasteiger partial charge on any atom is 0.133 e. The van der Waals surface area contributed by atoms with E-state index in [1.807, 2.05) is 30.3 Å². The predicted octanol–water partition coefficient (Wildman–Crippen LogP) is 4.45. The van der Waals surface area contributed by atoms with Crippen molar-refractivity contribution in [2.24, 2.45) is 0 Å². The number of rotatable bonds is 3. The highest BCUT2D eigenvalue weighted by Gasteiger charge is 2.37. The highest BCUT2D eigenvalue weighted by molar-refractivity contribution is 5.81. The van der Waals surface area contributed by atoms with E-state index in [1.54, 1.807) is 0 Å². The molecule has 108 valence electrons. The van der Waals surface area contributed by atoms with Gasteiger partial charge >= 0.3 is 0 Å². The van der Waals surface area contributed by atoms with Crippen molar-refractivity contribution in [3.63, 3.8) is 0 Å². The number of hydrogen-bond donors (Lipinski definition) is 0. The summed E-state index contributed by atoms with van der Waals surface area (Å²) >= 11 is 0. The van der Waals surface area contributed by atoms with E-state index in [0.29, 0.717) is 18.6 Å². The molecule has 1 saturated carbocycles. The SMILES string of the molecule is O=C1CCC[C@](Cc2ccc(F)cc2)(c2ccccc2)C1. The molecule has 2 aromatic rings. The second kappa shape index (κ2) is 5.80. The highest BCUT2D eigenvalue weighted by Crippen LogP contribution is 2.40. The zero-order chi connectivity index (χ0) is 14.7. The van der Waals surface area contributed by atoms with Crippen LogP contribution in [0.4, 0.5) is 4.39 Å². The summed E-state index contributed by atoms with van der Waals surface area (Å²) in [6.45, 7) is 0. The summed E-state index contributed by atoms with van der Waals surface area (Å²) in [7, 11) is 0. The van der Waals surface area contributed by atoms with Gasteiger partial charge in [-0.25, -0.2) is 4.39 Å². The molecule has 0 N–H and O–H groups in total. The summed E-state index contributed by atoms with van der Waals surface area (Å²) in [6.07, 6.45) is 4.03. The van der Waals surface area contributed by atoms with Gasteiger partial charge < -0.3 is 0 Å². The lowest BCUT2D eigenvalue weighted by molar-refractivity contribution is -0.122. The fourth-order valence-electron chi connectivity index (χ4n) is 3.46. The Kier molecular flexibility index (Phi) is 3.87. The Morgan fingerprint density at radius 3 is 2.38 bits per heavy atom. The standard InChI is InChI=1S/C19H19FO/c20-17-10-8-15(9-11-17)13-19(12-4-7-18(21)14-19)16-5-2-1-3-6-16/h1-3,5-6,8-11H,4,7,12-14H2/t19-/m1/s1. The van der Waals surface area contributed by atoms with E-state index in [2.05, 4.69) is 12.1 Å². The smallest absolute Gasteiger partial charge is 0.133 e. The number of Topliss-reactive ketones (excluding diaryl/α,β-unsaturated/α-hetero) is 1. The van der Waals surface area contributed by atoms with Crippen LogP contribution in [0.2, 0.25) is 0 Å². The molecule has 0 aromatic heterocycles. The second-order valence-corrected chi connectivity index (χ2v) is 6.02. The minimum absolute atomic E-state index is 0.131. The quantitative estimate of drug-likeness (QED) is 0.813. The Morgan fingerprint density at radius 1 is 1.00 bits per heavy atom. The number of hydrogen-bond acceptors (Lipinski definition) is 1. The van der Waals surface area contributed by atoms with Crippen LogP contribution >= 0.6 is 0 Å². The van der Waals surface area contributed by atoms with E-state index >= 15 is 0 Å². The first-order valence-electron chi connectivity index (χ1n) is 7.50. The van der Waals surface area contributed by atoms with Crippen LogP contribution in [0.15, 0.2) is 54.6 Å². The molecule has 21 heavy (non-hydrogen) atoms. The summed E-state index contributed by atoms with van der Waals surface area (Å²) in [5.41, 5.74) is 2.19. The lowest BCUT2D eigenvalue weighted by Crippen LogP contribution is -2.35. The molecule has 1 nitrogen and oxygen atoms in total. The lowest BCUT2D eigenvalue weighted by atomic mass is 9.66. The molecule has 0 spiro atoms. The average Bonchev–Trinajstić information content (AvgIpc) is 2.51. The van der Waals surface area contributed by atoms with Gasteiger partial charge in [-0.2, -0.15) is 0 Å². The molecule has 2 heteroatoms. The number of carbonyl (C=O) groups excluding carboxylic acids is 1.